The smallest absolute Gasteiger partial charge is 0.126 e. The van der Waals surface area contributed by atoms with Crippen molar-refractivity contribution in [1.82, 2.24) is 0 Å². The van der Waals surface area contributed by atoms with Gasteiger partial charge in [-0.1, -0.05) is 0 Å². The summed E-state index contributed by atoms with van der Waals surface area (Å²) in [4.78, 5) is 10.2. The topological polar surface area (TPSA) is 37.3 Å². The standard InChI is InChI=1S/C10H10F2O2/c1-10(14,2-3-13)7-4-8(11)6-9(12)5-7/h3-6,14H,2H2,1H3. The maximum atomic E-state index is 12.8. The number of aliphatic hydroxyl groups is 1. The molecule has 1 N–H and O–H groups in total. The molecule has 14 heavy (non-hydrogen) atoms. The lowest BCUT2D eigenvalue weighted by atomic mass is 9.93. The summed E-state index contributed by atoms with van der Waals surface area (Å²) in [7, 11) is 0. The Labute approximate surface area is 80.2 Å². The van der Waals surface area contributed by atoms with Gasteiger partial charge < -0.3 is 9.90 Å². The van der Waals surface area contributed by atoms with Crippen molar-refractivity contribution in [3.63, 3.8) is 0 Å². The molecule has 0 aliphatic heterocycles. The maximum absolute atomic E-state index is 12.8. The molecule has 0 saturated carbocycles. The molecular weight excluding hydrogens is 190 g/mol. The molecule has 2 nitrogen and oxygen atoms in total. The third-order valence-corrected chi connectivity index (χ3v) is 1.97. The number of rotatable bonds is 3. The van der Waals surface area contributed by atoms with E-state index in [0.717, 1.165) is 12.1 Å². The van der Waals surface area contributed by atoms with Crippen molar-refractivity contribution in [2.75, 3.05) is 0 Å². The molecular formula is C10H10F2O2. The van der Waals surface area contributed by atoms with Gasteiger partial charge in [0.1, 0.15) is 17.9 Å². The van der Waals surface area contributed by atoms with Crippen molar-refractivity contribution < 1.29 is 18.7 Å². The Bertz CT molecular complexity index is 328. The first-order valence-corrected chi connectivity index (χ1v) is 4.08. The van der Waals surface area contributed by atoms with Crippen molar-refractivity contribution in [2.24, 2.45) is 0 Å². The molecule has 1 unspecified atom stereocenters. The molecule has 0 amide bonds. The van der Waals surface area contributed by atoms with Crippen LogP contribution in [0.2, 0.25) is 0 Å². The van der Waals surface area contributed by atoms with Crippen LogP contribution in [0.1, 0.15) is 18.9 Å². The fourth-order valence-corrected chi connectivity index (χ4v) is 1.14. The highest BCUT2D eigenvalue weighted by Gasteiger charge is 2.23. The number of hydrogen-bond acceptors (Lipinski definition) is 2. The highest BCUT2D eigenvalue weighted by Crippen LogP contribution is 2.24. The van der Waals surface area contributed by atoms with Crippen LogP contribution >= 0.6 is 0 Å². The lowest BCUT2D eigenvalue weighted by molar-refractivity contribution is -0.112. The molecule has 0 spiro atoms. The lowest BCUT2D eigenvalue weighted by Crippen LogP contribution is -2.22. The number of carbonyl (C=O) groups is 1. The van der Waals surface area contributed by atoms with E-state index in [9.17, 15) is 18.7 Å². The zero-order valence-electron chi connectivity index (χ0n) is 7.63. The van der Waals surface area contributed by atoms with Crippen molar-refractivity contribution in [1.29, 1.82) is 0 Å². The summed E-state index contributed by atoms with van der Waals surface area (Å²) in [5, 5.41) is 9.67. The second-order valence-corrected chi connectivity index (χ2v) is 3.30. The molecule has 0 heterocycles. The van der Waals surface area contributed by atoms with E-state index in [2.05, 4.69) is 0 Å². The molecule has 1 aromatic carbocycles. The Hall–Kier alpha value is -1.29. The average molecular weight is 200 g/mol. The molecule has 4 heteroatoms. The second-order valence-electron chi connectivity index (χ2n) is 3.30. The number of halogens is 2. The van der Waals surface area contributed by atoms with Gasteiger partial charge in [-0.3, -0.25) is 0 Å². The highest BCUT2D eigenvalue weighted by atomic mass is 19.1. The summed E-state index contributed by atoms with van der Waals surface area (Å²) in [5.41, 5.74) is -1.47. The first-order chi connectivity index (χ1) is 6.45. The Morgan fingerprint density at radius 3 is 2.29 bits per heavy atom. The summed E-state index contributed by atoms with van der Waals surface area (Å²) in [6.07, 6.45) is 0.304. The molecule has 0 bridgehead atoms. The Balaban J connectivity index is 3.11. The van der Waals surface area contributed by atoms with Gasteiger partial charge >= 0.3 is 0 Å². The van der Waals surface area contributed by atoms with Crippen LogP contribution in [0.4, 0.5) is 8.78 Å². The quantitative estimate of drug-likeness (QED) is 0.755. The van der Waals surface area contributed by atoms with Crippen LogP contribution in [0, 0.1) is 11.6 Å². The maximum Gasteiger partial charge on any atom is 0.126 e. The molecule has 1 rings (SSSR count). The number of benzene rings is 1. The van der Waals surface area contributed by atoms with Crippen LogP contribution in [0.5, 0.6) is 0 Å². The Kier molecular flexibility index (Phi) is 2.96. The van der Waals surface area contributed by atoms with Crippen LogP contribution in [0.3, 0.4) is 0 Å². The van der Waals surface area contributed by atoms with Gasteiger partial charge in [0.25, 0.3) is 0 Å². The van der Waals surface area contributed by atoms with Crippen molar-refractivity contribution >= 4 is 6.29 Å². The number of hydrogen-bond donors (Lipinski definition) is 1. The minimum atomic E-state index is -1.52. The van der Waals surface area contributed by atoms with Crippen LogP contribution in [0.15, 0.2) is 18.2 Å². The van der Waals surface area contributed by atoms with Crippen LogP contribution < -0.4 is 0 Å². The fourth-order valence-electron chi connectivity index (χ4n) is 1.14. The molecule has 0 radical (unpaired) electrons. The number of aldehydes is 1. The minimum absolute atomic E-state index is 0.0575. The monoisotopic (exact) mass is 200 g/mol. The van der Waals surface area contributed by atoms with E-state index in [4.69, 9.17) is 0 Å². The van der Waals surface area contributed by atoms with Gasteiger partial charge in [-0.15, -0.1) is 0 Å². The highest BCUT2D eigenvalue weighted by molar-refractivity contribution is 5.52. The molecule has 0 aliphatic rings. The average Bonchev–Trinajstić information content (AvgIpc) is 2.02. The second kappa shape index (κ2) is 3.84. The van der Waals surface area contributed by atoms with Crippen molar-refractivity contribution in [2.45, 2.75) is 18.9 Å². The summed E-state index contributed by atoms with van der Waals surface area (Å²) in [5.74, 6) is -1.54. The van der Waals surface area contributed by atoms with E-state index in [-0.39, 0.29) is 12.0 Å². The predicted molar refractivity (Wildman–Crippen MR) is 46.6 cm³/mol. The molecule has 1 atom stereocenters. The lowest BCUT2D eigenvalue weighted by Gasteiger charge is -2.20. The zero-order valence-corrected chi connectivity index (χ0v) is 7.63. The van der Waals surface area contributed by atoms with Gasteiger partial charge in [-0.25, -0.2) is 8.78 Å². The van der Waals surface area contributed by atoms with Gasteiger partial charge in [0.15, 0.2) is 0 Å². The summed E-state index contributed by atoms with van der Waals surface area (Å²) < 4.78 is 25.5. The van der Waals surface area contributed by atoms with Crippen LogP contribution in [-0.2, 0) is 10.4 Å². The third-order valence-electron chi connectivity index (χ3n) is 1.97. The largest absolute Gasteiger partial charge is 0.385 e. The van der Waals surface area contributed by atoms with E-state index >= 15 is 0 Å². The van der Waals surface area contributed by atoms with Crippen LogP contribution in [0.25, 0.3) is 0 Å². The fraction of sp³-hybridized carbons (Fsp3) is 0.300. The third kappa shape index (κ3) is 2.35. The van der Waals surface area contributed by atoms with Gasteiger partial charge in [-0.05, 0) is 24.6 Å². The van der Waals surface area contributed by atoms with E-state index in [1.807, 2.05) is 0 Å². The van der Waals surface area contributed by atoms with Crippen molar-refractivity contribution in [3.8, 4) is 0 Å². The summed E-state index contributed by atoms with van der Waals surface area (Å²) in [6.45, 7) is 1.33. The summed E-state index contributed by atoms with van der Waals surface area (Å²) in [6, 6.07) is 2.72. The van der Waals surface area contributed by atoms with Crippen LogP contribution in [-0.4, -0.2) is 11.4 Å². The minimum Gasteiger partial charge on any atom is -0.385 e. The van der Waals surface area contributed by atoms with Gasteiger partial charge in [0, 0.05) is 12.5 Å². The first-order valence-electron chi connectivity index (χ1n) is 4.08. The Morgan fingerprint density at radius 1 is 1.36 bits per heavy atom. The Morgan fingerprint density at radius 2 is 1.86 bits per heavy atom. The van der Waals surface area contributed by atoms with Gasteiger partial charge in [-0.2, -0.15) is 0 Å². The van der Waals surface area contributed by atoms with Gasteiger partial charge in [0.2, 0.25) is 0 Å². The van der Waals surface area contributed by atoms with E-state index in [1.165, 1.54) is 6.92 Å². The molecule has 0 saturated heterocycles. The number of carbonyl (C=O) groups excluding carboxylic acids is 1. The molecule has 76 valence electrons. The van der Waals surface area contributed by atoms with E-state index in [0.29, 0.717) is 12.4 Å². The predicted octanol–water partition coefficient (Wildman–Crippen LogP) is 1.76. The molecule has 0 fully saturated rings. The molecule has 0 aromatic heterocycles. The SMILES string of the molecule is CC(O)(CC=O)c1cc(F)cc(F)c1. The normalized spacial score (nSPS) is 14.9. The van der Waals surface area contributed by atoms with E-state index < -0.39 is 17.2 Å². The molecule has 0 aliphatic carbocycles. The van der Waals surface area contributed by atoms with Crippen molar-refractivity contribution in [3.05, 3.63) is 35.4 Å². The van der Waals surface area contributed by atoms with E-state index in [1.54, 1.807) is 0 Å². The zero-order chi connectivity index (χ0) is 10.8. The molecule has 1 aromatic rings. The first kappa shape index (κ1) is 10.8. The summed E-state index contributed by atoms with van der Waals surface area (Å²) >= 11 is 0. The van der Waals surface area contributed by atoms with Gasteiger partial charge in [0.05, 0.1) is 5.60 Å².